The number of carbonyl (C=O) groups is 1. The smallest absolute Gasteiger partial charge is 0.269 e. The summed E-state index contributed by atoms with van der Waals surface area (Å²) in [5, 5.41) is 9.08. The van der Waals surface area contributed by atoms with Crippen molar-refractivity contribution in [3.8, 4) is 11.3 Å². The van der Waals surface area contributed by atoms with E-state index in [1.54, 1.807) is 19.1 Å². The monoisotopic (exact) mass is 325 g/mol. The van der Waals surface area contributed by atoms with E-state index in [0.29, 0.717) is 16.8 Å². The highest BCUT2D eigenvalue weighted by Crippen LogP contribution is 2.20. The molecule has 1 heterocycles. The molecule has 0 aliphatic heterocycles. The lowest BCUT2D eigenvalue weighted by atomic mass is 10.1. The third kappa shape index (κ3) is 4.14. The van der Waals surface area contributed by atoms with Crippen LogP contribution in [0.2, 0.25) is 0 Å². The Balaban J connectivity index is 2.07. The number of aromatic amines is 1. The predicted molar refractivity (Wildman–Crippen MR) is 80.8 cm³/mol. The van der Waals surface area contributed by atoms with Crippen molar-refractivity contribution in [2.24, 2.45) is 0 Å². The number of hydrogen-bond donors (Lipinski definition) is 2. The lowest BCUT2D eigenvalue weighted by Crippen LogP contribution is -2.29. The highest BCUT2D eigenvalue weighted by molar-refractivity contribution is 7.90. The number of aryl methyl sites for hydroxylation is 1. The Bertz CT molecular complexity index is 799. The Kier molecular flexibility index (Phi) is 4.60. The van der Waals surface area contributed by atoms with Gasteiger partial charge in [0.15, 0.2) is 0 Å². The van der Waals surface area contributed by atoms with Gasteiger partial charge in [0.1, 0.15) is 21.3 Å². The number of nitrogens with one attached hydrogen (secondary N) is 2. The summed E-state index contributed by atoms with van der Waals surface area (Å²) in [4.78, 5) is 11.9. The van der Waals surface area contributed by atoms with Gasteiger partial charge >= 0.3 is 0 Å². The van der Waals surface area contributed by atoms with E-state index in [2.05, 4.69) is 15.5 Å². The topological polar surface area (TPSA) is 91.9 Å². The van der Waals surface area contributed by atoms with E-state index < -0.39 is 15.7 Å². The number of sulfone groups is 1. The van der Waals surface area contributed by atoms with Gasteiger partial charge in [0.2, 0.25) is 0 Å². The van der Waals surface area contributed by atoms with Gasteiger partial charge in [-0.15, -0.1) is 0 Å². The second-order valence-corrected chi connectivity index (χ2v) is 7.28. The van der Waals surface area contributed by atoms with Gasteiger partial charge in [-0.3, -0.25) is 9.89 Å². The first-order valence-corrected chi connectivity index (χ1v) is 8.60. The fraction of sp³-hybridized carbons (Fsp3) is 0.286. The van der Waals surface area contributed by atoms with Crippen molar-refractivity contribution in [3.05, 3.63) is 41.3 Å². The molecule has 1 aromatic carbocycles. The Hall–Kier alpha value is -2.22. The van der Waals surface area contributed by atoms with Crippen molar-refractivity contribution in [1.29, 1.82) is 0 Å². The molecule has 0 radical (unpaired) electrons. The second kappa shape index (κ2) is 6.27. The molecule has 0 saturated heterocycles. The Labute approximate surface area is 127 Å². The zero-order valence-electron chi connectivity index (χ0n) is 12.2. The standard InChI is InChI=1S/C14H16FN3O3S/c1-9-7-10(3-4-11(9)15)12-8-13(18-17-12)14(19)16-5-6-22(2,20)21/h3-4,7-8H,5-6H2,1-2H3,(H,16,19)(H,17,18). The highest BCUT2D eigenvalue weighted by Gasteiger charge is 2.12. The molecule has 0 atom stereocenters. The Morgan fingerprint density at radius 1 is 1.36 bits per heavy atom. The summed E-state index contributed by atoms with van der Waals surface area (Å²) in [6, 6.07) is 6.08. The number of benzene rings is 1. The minimum atomic E-state index is -3.12. The molecule has 8 heteroatoms. The highest BCUT2D eigenvalue weighted by atomic mass is 32.2. The van der Waals surface area contributed by atoms with Gasteiger partial charge in [0.05, 0.1) is 11.4 Å². The summed E-state index contributed by atoms with van der Waals surface area (Å²) in [6.07, 6.45) is 1.10. The van der Waals surface area contributed by atoms with E-state index in [4.69, 9.17) is 0 Å². The maximum absolute atomic E-state index is 13.2. The number of carbonyl (C=O) groups excluding carboxylic acids is 1. The third-order valence-electron chi connectivity index (χ3n) is 3.03. The second-order valence-electron chi connectivity index (χ2n) is 5.02. The van der Waals surface area contributed by atoms with Crippen LogP contribution in [0.3, 0.4) is 0 Å². The van der Waals surface area contributed by atoms with E-state index in [0.717, 1.165) is 6.26 Å². The van der Waals surface area contributed by atoms with Gasteiger partial charge < -0.3 is 5.32 Å². The van der Waals surface area contributed by atoms with Crippen LogP contribution in [0.4, 0.5) is 4.39 Å². The molecular formula is C14H16FN3O3S. The van der Waals surface area contributed by atoms with Crippen molar-refractivity contribution < 1.29 is 17.6 Å². The van der Waals surface area contributed by atoms with Crippen LogP contribution in [0, 0.1) is 12.7 Å². The number of halogens is 1. The molecule has 2 aromatic rings. The predicted octanol–water partition coefficient (Wildman–Crippen LogP) is 1.30. The van der Waals surface area contributed by atoms with Crippen molar-refractivity contribution in [3.63, 3.8) is 0 Å². The maximum atomic E-state index is 13.2. The zero-order chi connectivity index (χ0) is 16.3. The summed E-state index contributed by atoms with van der Waals surface area (Å²) in [5.74, 6) is -0.879. The van der Waals surface area contributed by atoms with E-state index in [9.17, 15) is 17.6 Å². The molecule has 1 aromatic heterocycles. The van der Waals surface area contributed by atoms with Crippen LogP contribution in [0.15, 0.2) is 24.3 Å². The Morgan fingerprint density at radius 2 is 2.09 bits per heavy atom. The number of nitrogens with zero attached hydrogens (tertiary/aromatic N) is 1. The van der Waals surface area contributed by atoms with Gasteiger partial charge in [0, 0.05) is 18.4 Å². The summed E-state index contributed by atoms with van der Waals surface area (Å²) in [5.41, 5.74) is 1.90. The molecule has 0 unspecified atom stereocenters. The fourth-order valence-corrected chi connectivity index (χ4v) is 2.31. The van der Waals surface area contributed by atoms with E-state index in [1.807, 2.05) is 0 Å². The SMILES string of the molecule is Cc1cc(-c2cc(C(=O)NCCS(C)(=O)=O)[nH]n2)ccc1F. The quantitative estimate of drug-likeness (QED) is 0.867. The normalized spacial score (nSPS) is 11.4. The summed E-state index contributed by atoms with van der Waals surface area (Å²) < 4.78 is 35.2. The molecule has 0 bridgehead atoms. The number of amides is 1. The fourth-order valence-electron chi connectivity index (χ4n) is 1.84. The number of H-pyrrole nitrogens is 1. The van der Waals surface area contributed by atoms with Crippen LogP contribution in [-0.2, 0) is 9.84 Å². The lowest BCUT2D eigenvalue weighted by Gasteiger charge is -2.01. The average Bonchev–Trinajstić information content (AvgIpc) is 2.90. The van der Waals surface area contributed by atoms with Crippen LogP contribution >= 0.6 is 0 Å². The number of rotatable bonds is 5. The van der Waals surface area contributed by atoms with E-state index >= 15 is 0 Å². The van der Waals surface area contributed by atoms with E-state index in [-0.39, 0.29) is 23.8 Å². The number of hydrogen-bond acceptors (Lipinski definition) is 4. The molecule has 0 aliphatic rings. The first kappa shape index (κ1) is 16.2. The maximum Gasteiger partial charge on any atom is 0.269 e. The van der Waals surface area contributed by atoms with Crippen LogP contribution in [0.25, 0.3) is 11.3 Å². The minimum absolute atomic E-state index is 0.0294. The molecule has 0 saturated carbocycles. The van der Waals surface area contributed by atoms with Crippen LogP contribution in [0.5, 0.6) is 0 Å². The molecule has 22 heavy (non-hydrogen) atoms. The lowest BCUT2D eigenvalue weighted by molar-refractivity contribution is 0.0951. The molecule has 6 nitrogen and oxygen atoms in total. The molecular weight excluding hydrogens is 309 g/mol. The average molecular weight is 325 g/mol. The van der Waals surface area contributed by atoms with Crippen molar-refractivity contribution in [2.75, 3.05) is 18.6 Å². The molecule has 0 fully saturated rings. The Morgan fingerprint density at radius 3 is 2.73 bits per heavy atom. The molecule has 118 valence electrons. The van der Waals surface area contributed by atoms with E-state index in [1.165, 1.54) is 12.1 Å². The molecule has 1 amide bonds. The minimum Gasteiger partial charge on any atom is -0.350 e. The molecule has 0 spiro atoms. The molecule has 2 N–H and O–H groups in total. The third-order valence-corrected chi connectivity index (χ3v) is 3.98. The van der Waals surface area contributed by atoms with Crippen LogP contribution < -0.4 is 5.32 Å². The van der Waals surface area contributed by atoms with Gasteiger partial charge in [-0.05, 0) is 36.8 Å². The summed E-state index contributed by atoms with van der Waals surface area (Å²) in [6.45, 7) is 1.67. The van der Waals surface area contributed by atoms with Gasteiger partial charge in [-0.25, -0.2) is 12.8 Å². The zero-order valence-corrected chi connectivity index (χ0v) is 13.0. The first-order chi connectivity index (χ1) is 10.3. The van der Waals surface area contributed by atoms with Gasteiger partial charge in [0.25, 0.3) is 5.91 Å². The van der Waals surface area contributed by atoms with Gasteiger partial charge in [-0.1, -0.05) is 0 Å². The van der Waals surface area contributed by atoms with Gasteiger partial charge in [-0.2, -0.15) is 5.10 Å². The summed E-state index contributed by atoms with van der Waals surface area (Å²) >= 11 is 0. The van der Waals surface area contributed by atoms with Crippen molar-refractivity contribution >= 4 is 15.7 Å². The van der Waals surface area contributed by atoms with Crippen LogP contribution in [0.1, 0.15) is 16.1 Å². The van der Waals surface area contributed by atoms with Crippen molar-refractivity contribution in [2.45, 2.75) is 6.92 Å². The van der Waals surface area contributed by atoms with Crippen molar-refractivity contribution in [1.82, 2.24) is 15.5 Å². The summed E-state index contributed by atoms with van der Waals surface area (Å²) in [7, 11) is -3.12. The number of aromatic nitrogens is 2. The molecule has 0 aliphatic carbocycles. The van der Waals surface area contributed by atoms with Crippen LogP contribution in [-0.4, -0.2) is 43.1 Å². The molecule has 2 rings (SSSR count). The largest absolute Gasteiger partial charge is 0.350 e. The first-order valence-electron chi connectivity index (χ1n) is 6.54.